The molecule has 1 fully saturated rings. The van der Waals surface area contributed by atoms with Gasteiger partial charge in [-0.05, 0) is 38.0 Å². The van der Waals surface area contributed by atoms with Crippen LogP contribution >= 0.6 is 0 Å². The van der Waals surface area contributed by atoms with E-state index < -0.39 is 11.6 Å². The second-order valence-corrected chi connectivity index (χ2v) is 5.10. The van der Waals surface area contributed by atoms with Crippen molar-refractivity contribution in [1.29, 1.82) is 0 Å². The second kappa shape index (κ2) is 4.49. The molecule has 0 saturated carbocycles. The maximum Gasteiger partial charge on any atom is 0.337 e. The smallest absolute Gasteiger partial charge is 0.337 e. The van der Waals surface area contributed by atoms with Gasteiger partial charge in [-0.3, -0.25) is 0 Å². The van der Waals surface area contributed by atoms with E-state index in [0.29, 0.717) is 6.54 Å². The minimum absolute atomic E-state index is 0.113. The molecule has 0 aromatic heterocycles. The van der Waals surface area contributed by atoms with Crippen LogP contribution in [-0.2, 0) is 0 Å². The summed E-state index contributed by atoms with van der Waals surface area (Å²) in [6.45, 7) is 3.20. The predicted molar refractivity (Wildman–Crippen MR) is 69.9 cm³/mol. The number of piperidine rings is 1. The minimum Gasteiger partial charge on any atom is -0.478 e. The number of hydrogen-bond acceptors (Lipinski definition) is 4. The predicted octanol–water partition coefficient (Wildman–Crippen LogP) is 1.32. The van der Waals surface area contributed by atoms with Gasteiger partial charge in [-0.15, -0.1) is 0 Å². The normalized spacial score (nSPS) is 24.0. The highest BCUT2D eigenvalue weighted by molar-refractivity contribution is 5.94. The lowest BCUT2D eigenvalue weighted by atomic mass is 9.94. The van der Waals surface area contributed by atoms with Crippen LogP contribution in [0, 0.1) is 0 Å². The summed E-state index contributed by atoms with van der Waals surface area (Å²) >= 11 is 0. The molecule has 1 aliphatic heterocycles. The molecule has 18 heavy (non-hydrogen) atoms. The van der Waals surface area contributed by atoms with E-state index in [9.17, 15) is 9.90 Å². The molecule has 1 unspecified atom stereocenters. The van der Waals surface area contributed by atoms with Crippen LogP contribution in [0.3, 0.4) is 0 Å². The summed E-state index contributed by atoms with van der Waals surface area (Å²) in [6.07, 6.45) is 1.69. The van der Waals surface area contributed by atoms with Gasteiger partial charge < -0.3 is 20.8 Å². The summed E-state index contributed by atoms with van der Waals surface area (Å²) in [4.78, 5) is 12.9. The van der Waals surface area contributed by atoms with Crippen LogP contribution in [0.5, 0.6) is 0 Å². The molecular formula is C13H18N2O3. The highest BCUT2D eigenvalue weighted by Gasteiger charge is 2.28. The Balaban J connectivity index is 2.24. The van der Waals surface area contributed by atoms with Gasteiger partial charge >= 0.3 is 5.97 Å². The maximum absolute atomic E-state index is 10.9. The number of nitrogens with zero attached hydrogens (tertiary/aromatic N) is 1. The number of nitrogens with two attached hydrogens (primary N) is 1. The van der Waals surface area contributed by atoms with Gasteiger partial charge in [-0.25, -0.2) is 4.79 Å². The van der Waals surface area contributed by atoms with Crippen molar-refractivity contribution in [2.45, 2.75) is 25.4 Å². The topological polar surface area (TPSA) is 86.8 Å². The third-order valence-corrected chi connectivity index (χ3v) is 3.31. The number of rotatable bonds is 2. The zero-order chi connectivity index (χ0) is 13.3. The van der Waals surface area contributed by atoms with Crippen molar-refractivity contribution in [1.82, 2.24) is 0 Å². The Morgan fingerprint density at radius 1 is 1.50 bits per heavy atom. The Bertz CT molecular complexity index is 471. The fourth-order valence-electron chi connectivity index (χ4n) is 2.38. The molecule has 1 aliphatic rings. The quantitative estimate of drug-likeness (QED) is 0.689. The molecule has 0 amide bonds. The highest BCUT2D eigenvalue weighted by Crippen LogP contribution is 2.28. The maximum atomic E-state index is 10.9. The molecule has 5 nitrogen and oxygen atoms in total. The zero-order valence-corrected chi connectivity index (χ0v) is 10.4. The summed E-state index contributed by atoms with van der Waals surface area (Å²) in [5.74, 6) is -1.02. The van der Waals surface area contributed by atoms with Crippen LogP contribution in [0.25, 0.3) is 0 Å². The van der Waals surface area contributed by atoms with Gasteiger partial charge in [-0.2, -0.15) is 0 Å². The van der Waals surface area contributed by atoms with Crippen molar-refractivity contribution in [3.63, 3.8) is 0 Å². The average molecular weight is 250 g/mol. The number of aliphatic hydroxyl groups is 1. The van der Waals surface area contributed by atoms with E-state index in [1.165, 1.54) is 6.07 Å². The fraction of sp³-hybridized carbons (Fsp3) is 0.462. The van der Waals surface area contributed by atoms with Crippen molar-refractivity contribution in [3.05, 3.63) is 23.8 Å². The third kappa shape index (κ3) is 2.56. The van der Waals surface area contributed by atoms with Crippen LogP contribution in [0.2, 0.25) is 0 Å². The SMILES string of the molecule is CC1(O)CCCN(c2ccc(C(=O)O)c(N)c2)C1. The lowest BCUT2D eigenvalue weighted by molar-refractivity contribution is 0.0449. The van der Waals surface area contributed by atoms with E-state index in [0.717, 1.165) is 25.1 Å². The fourth-order valence-corrected chi connectivity index (χ4v) is 2.38. The number of anilines is 2. The Kier molecular flexibility index (Phi) is 3.17. The van der Waals surface area contributed by atoms with Gasteiger partial charge in [0.2, 0.25) is 0 Å². The Morgan fingerprint density at radius 3 is 2.78 bits per heavy atom. The number of aromatic carboxylic acids is 1. The number of β-amino-alcohol motifs (C(OH)–C–C–N with tert-alkyl or cyclic N) is 1. The molecule has 1 aromatic carbocycles. The first-order chi connectivity index (χ1) is 8.39. The molecule has 1 saturated heterocycles. The first-order valence-electron chi connectivity index (χ1n) is 5.99. The molecule has 0 bridgehead atoms. The molecule has 4 N–H and O–H groups in total. The molecule has 5 heteroatoms. The van der Waals surface area contributed by atoms with Gasteiger partial charge in [0.05, 0.1) is 11.2 Å². The lowest BCUT2D eigenvalue weighted by Crippen LogP contribution is -2.46. The van der Waals surface area contributed by atoms with E-state index in [1.807, 2.05) is 11.8 Å². The molecule has 98 valence electrons. The van der Waals surface area contributed by atoms with Crippen molar-refractivity contribution < 1.29 is 15.0 Å². The van der Waals surface area contributed by atoms with Gasteiger partial charge in [0.15, 0.2) is 0 Å². The van der Waals surface area contributed by atoms with Gasteiger partial charge in [0, 0.05) is 24.5 Å². The number of benzene rings is 1. The summed E-state index contributed by atoms with van der Waals surface area (Å²) < 4.78 is 0. The monoisotopic (exact) mass is 250 g/mol. The van der Waals surface area contributed by atoms with Crippen LogP contribution in [0.4, 0.5) is 11.4 Å². The Hall–Kier alpha value is -1.75. The van der Waals surface area contributed by atoms with Crippen molar-refractivity contribution in [2.24, 2.45) is 0 Å². The number of carboxylic acid groups (broad SMARTS) is 1. The zero-order valence-electron chi connectivity index (χ0n) is 10.4. The van der Waals surface area contributed by atoms with E-state index in [4.69, 9.17) is 10.8 Å². The Labute approximate surface area is 106 Å². The average Bonchev–Trinajstić information content (AvgIpc) is 2.27. The first kappa shape index (κ1) is 12.7. The van der Waals surface area contributed by atoms with Crippen molar-refractivity contribution in [3.8, 4) is 0 Å². The number of hydrogen-bond donors (Lipinski definition) is 3. The summed E-state index contributed by atoms with van der Waals surface area (Å²) in [5.41, 5.74) is 6.26. The highest BCUT2D eigenvalue weighted by atomic mass is 16.4. The minimum atomic E-state index is -1.02. The second-order valence-electron chi connectivity index (χ2n) is 5.10. The van der Waals surface area contributed by atoms with Gasteiger partial charge in [0.25, 0.3) is 0 Å². The first-order valence-corrected chi connectivity index (χ1v) is 5.99. The van der Waals surface area contributed by atoms with Gasteiger partial charge in [-0.1, -0.05) is 0 Å². The van der Waals surface area contributed by atoms with E-state index in [2.05, 4.69) is 0 Å². The summed E-state index contributed by atoms with van der Waals surface area (Å²) in [7, 11) is 0. The number of carboxylic acids is 1. The summed E-state index contributed by atoms with van der Waals surface area (Å²) in [5, 5.41) is 19.0. The molecule has 1 aromatic rings. The third-order valence-electron chi connectivity index (χ3n) is 3.31. The molecule has 0 radical (unpaired) electrons. The van der Waals surface area contributed by atoms with Crippen LogP contribution in [-0.4, -0.2) is 34.9 Å². The van der Waals surface area contributed by atoms with Crippen LogP contribution in [0.15, 0.2) is 18.2 Å². The molecular weight excluding hydrogens is 232 g/mol. The lowest BCUT2D eigenvalue weighted by Gasteiger charge is -2.38. The largest absolute Gasteiger partial charge is 0.478 e. The summed E-state index contributed by atoms with van der Waals surface area (Å²) in [6, 6.07) is 4.91. The number of carbonyl (C=O) groups is 1. The number of nitrogen functional groups attached to an aromatic ring is 1. The van der Waals surface area contributed by atoms with E-state index in [1.54, 1.807) is 12.1 Å². The van der Waals surface area contributed by atoms with Crippen LogP contribution in [0.1, 0.15) is 30.1 Å². The van der Waals surface area contributed by atoms with Crippen molar-refractivity contribution in [2.75, 3.05) is 23.7 Å². The molecule has 2 rings (SSSR count). The van der Waals surface area contributed by atoms with E-state index >= 15 is 0 Å². The Morgan fingerprint density at radius 2 is 2.22 bits per heavy atom. The van der Waals surface area contributed by atoms with Gasteiger partial charge in [0.1, 0.15) is 0 Å². The van der Waals surface area contributed by atoms with Crippen molar-refractivity contribution >= 4 is 17.3 Å². The standard InChI is InChI=1S/C13H18N2O3/c1-13(18)5-2-6-15(8-13)9-3-4-10(12(16)17)11(14)7-9/h3-4,7,18H,2,5-6,8,14H2,1H3,(H,16,17). The van der Waals surface area contributed by atoms with E-state index in [-0.39, 0.29) is 11.3 Å². The van der Waals surface area contributed by atoms with Crippen LogP contribution < -0.4 is 10.6 Å². The molecule has 0 spiro atoms. The molecule has 1 heterocycles. The molecule has 0 aliphatic carbocycles. The molecule has 1 atom stereocenters.